The Labute approximate surface area is 153 Å². The zero-order valence-electron chi connectivity index (χ0n) is 13.3. The average molecular weight is 378 g/mol. The maximum absolute atomic E-state index is 12.2. The van der Waals surface area contributed by atoms with E-state index in [1.165, 1.54) is 16.4 Å². The number of hydrogen-bond donors (Lipinski definition) is 2. The Bertz CT molecular complexity index is 848. The summed E-state index contributed by atoms with van der Waals surface area (Å²) in [5, 5.41) is 11.6. The number of nitrogen functional groups attached to an aromatic ring is 1. The van der Waals surface area contributed by atoms with Gasteiger partial charge in [0.15, 0.2) is 5.82 Å². The predicted molar refractivity (Wildman–Crippen MR) is 96.5 cm³/mol. The minimum Gasteiger partial charge on any atom is -0.467 e. The Morgan fingerprint density at radius 3 is 2.80 bits per heavy atom. The smallest absolute Gasteiger partial charge is 0.233 e. The van der Waals surface area contributed by atoms with Crippen molar-refractivity contribution < 1.29 is 9.21 Å². The van der Waals surface area contributed by atoms with Crippen molar-refractivity contribution in [2.75, 3.05) is 5.84 Å². The van der Waals surface area contributed by atoms with Crippen molar-refractivity contribution in [3.8, 4) is 11.4 Å². The van der Waals surface area contributed by atoms with Gasteiger partial charge in [-0.05, 0) is 43.3 Å². The molecule has 2 aromatic heterocycles. The highest BCUT2D eigenvalue weighted by atomic mass is 35.5. The fourth-order valence-corrected chi connectivity index (χ4v) is 3.02. The summed E-state index contributed by atoms with van der Waals surface area (Å²) in [4.78, 5) is 12.2. The van der Waals surface area contributed by atoms with E-state index in [4.69, 9.17) is 21.9 Å². The molecule has 0 spiro atoms. The molecule has 0 aliphatic rings. The number of benzene rings is 1. The number of carbonyl (C=O) groups is 1. The van der Waals surface area contributed by atoms with Crippen LogP contribution >= 0.6 is 23.4 Å². The first kappa shape index (κ1) is 17.4. The number of hydrogen-bond acceptors (Lipinski definition) is 6. The van der Waals surface area contributed by atoms with Gasteiger partial charge in [0.1, 0.15) is 5.76 Å². The number of nitrogens with one attached hydrogen (secondary N) is 1. The third kappa shape index (κ3) is 4.15. The van der Waals surface area contributed by atoms with Crippen molar-refractivity contribution >= 4 is 29.3 Å². The molecule has 0 bridgehead atoms. The molecule has 3 N–H and O–H groups in total. The van der Waals surface area contributed by atoms with Crippen LogP contribution in [0, 0.1) is 0 Å². The SMILES string of the molecule is C[C@@H](Sc1nnc(-c2ccc(Cl)cc2)n1N)C(=O)NCc1ccco1. The minimum atomic E-state index is -0.389. The predicted octanol–water partition coefficient (Wildman–Crippen LogP) is 2.70. The van der Waals surface area contributed by atoms with Crippen LogP contribution in [0.3, 0.4) is 0 Å². The summed E-state index contributed by atoms with van der Waals surface area (Å²) in [5.74, 6) is 7.12. The van der Waals surface area contributed by atoms with Gasteiger partial charge in [-0.1, -0.05) is 23.4 Å². The van der Waals surface area contributed by atoms with Gasteiger partial charge in [-0.25, -0.2) is 4.68 Å². The standard InChI is InChI=1S/C16H16ClN5O2S/c1-10(15(23)19-9-13-3-2-8-24-13)25-16-21-20-14(22(16)18)11-4-6-12(17)7-5-11/h2-8,10H,9,18H2,1H3,(H,19,23)/t10-/m1/s1. The quantitative estimate of drug-likeness (QED) is 0.506. The van der Waals surface area contributed by atoms with E-state index in [-0.39, 0.29) is 11.2 Å². The van der Waals surface area contributed by atoms with E-state index >= 15 is 0 Å². The van der Waals surface area contributed by atoms with Crippen LogP contribution in [-0.4, -0.2) is 26.0 Å². The van der Waals surface area contributed by atoms with Gasteiger partial charge in [0, 0.05) is 10.6 Å². The minimum absolute atomic E-state index is 0.141. The summed E-state index contributed by atoms with van der Waals surface area (Å²) in [5.41, 5.74) is 0.793. The van der Waals surface area contributed by atoms with Crippen LogP contribution in [0.25, 0.3) is 11.4 Å². The molecule has 1 aromatic carbocycles. The van der Waals surface area contributed by atoms with E-state index < -0.39 is 0 Å². The third-order valence-electron chi connectivity index (χ3n) is 3.44. The Hall–Kier alpha value is -2.45. The largest absolute Gasteiger partial charge is 0.467 e. The van der Waals surface area contributed by atoms with Crippen molar-refractivity contribution in [1.82, 2.24) is 20.2 Å². The Balaban J connectivity index is 1.64. The lowest BCUT2D eigenvalue weighted by Gasteiger charge is -2.10. The molecule has 0 aliphatic heterocycles. The van der Waals surface area contributed by atoms with Gasteiger partial charge in [-0.3, -0.25) is 4.79 Å². The monoisotopic (exact) mass is 377 g/mol. The molecular weight excluding hydrogens is 362 g/mol. The normalized spacial score (nSPS) is 12.1. The fraction of sp³-hybridized carbons (Fsp3) is 0.188. The number of aromatic nitrogens is 3. The summed E-state index contributed by atoms with van der Waals surface area (Å²) in [7, 11) is 0. The number of rotatable bonds is 6. The molecule has 25 heavy (non-hydrogen) atoms. The number of carbonyl (C=O) groups excluding carboxylic acids is 1. The van der Waals surface area contributed by atoms with E-state index in [0.717, 1.165) is 5.56 Å². The molecule has 3 aromatic rings. The molecule has 0 radical (unpaired) electrons. The van der Waals surface area contributed by atoms with Gasteiger partial charge in [0.25, 0.3) is 0 Å². The Morgan fingerprint density at radius 1 is 1.36 bits per heavy atom. The summed E-state index contributed by atoms with van der Waals surface area (Å²) in [6.45, 7) is 2.11. The molecule has 0 saturated carbocycles. The van der Waals surface area contributed by atoms with Gasteiger partial charge < -0.3 is 15.6 Å². The lowest BCUT2D eigenvalue weighted by atomic mass is 10.2. The number of nitrogens with zero attached hydrogens (tertiary/aromatic N) is 3. The first-order valence-corrected chi connectivity index (χ1v) is 8.73. The van der Waals surface area contributed by atoms with Crippen LogP contribution in [0.5, 0.6) is 0 Å². The first-order valence-electron chi connectivity index (χ1n) is 7.48. The van der Waals surface area contributed by atoms with E-state index in [0.29, 0.717) is 28.3 Å². The van der Waals surface area contributed by atoms with Gasteiger partial charge in [-0.15, -0.1) is 10.2 Å². The zero-order valence-corrected chi connectivity index (χ0v) is 14.9. The van der Waals surface area contributed by atoms with Crippen LogP contribution < -0.4 is 11.2 Å². The topological polar surface area (TPSA) is 99.0 Å². The second kappa shape index (κ2) is 7.62. The molecular formula is C16H16ClN5O2S. The van der Waals surface area contributed by atoms with Crippen molar-refractivity contribution in [2.24, 2.45) is 0 Å². The molecule has 3 rings (SSSR count). The van der Waals surface area contributed by atoms with Gasteiger partial charge in [-0.2, -0.15) is 0 Å². The van der Waals surface area contributed by atoms with Crippen LogP contribution in [0.1, 0.15) is 12.7 Å². The molecule has 2 heterocycles. The van der Waals surface area contributed by atoms with Crippen LogP contribution in [0.15, 0.2) is 52.2 Å². The number of halogens is 1. The molecule has 9 heteroatoms. The van der Waals surface area contributed by atoms with E-state index in [1.807, 2.05) is 12.1 Å². The van der Waals surface area contributed by atoms with Gasteiger partial charge in [0.05, 0.1) is 18.1 Å². The lowest BCUT2D eigenvalue weighted by Crippen LogP contribution is -2.30. The van der Waals surface area contributed by atoms with Crippen LogP contribution in [0.4, 0.5) is 0 Å². The van der Waals surface area contributed by atoms with Gasteiger partial charge >= 0.3 is 0 Å². The summed E-state index contributed by atoms with van der Waals surface area (Å²) in [6, 6.07) is 10.7. The van der Waals surface area contributed by atoms with E-state index in [1.54, 1.807) is 37.5 Å². The Morgan fingerprint density at radius 2 is 2.12 bits per heavy atom. The molecule has 0 saturated heterocycles. The van der Waals surface area contributed by atoms with Crippen molar-refractivity contribution in [1.29, 1.82) is 0 Å². The number of nitrogens with two attached hydrogens (primary N) is 1. The maximum Gasteiger partial charge on any atom is 0.233 e. The average Bonchev–Trinajstić information content (AvgIpc) is 3.24. The molecule has 130 valence electrons. The third-order valence-corrected chi connectivity index (χ3v) is 4.74. The Kier molecular flexibility index (Phi) is 5.30. The number of amides is 1. The lowest BCUT2D eigenvalue weighted by molar-refractivity contribution is -0.120. The molecule has 1 amide bonds. The molecule has 0 aliphatic carbocycles. The summed E-state index contributed by atoms with van der Waals surface area (Å²) in [6.07, 6.45) is 1.56. The highest BCUT2D eigenvalue weighted by Crippen LogP contribution is 2.25. The molecule has 1 atom stereocenters. The maximum atomic E-state index is 12.2. The van der Waals surface area contributed by atoms with Crippen molar-refractivity contribution in [3.05, 3.63) is 53.4 Å². The summed E-state index contributed by atoms with van der Waals surface area (Å²) >= 11 is 7.11. The zero-order chi connectivity index (χ0) is 17.8. The second-order valence-electron chi connectivity index (χ2n) is 5.24. The van der Waals surface area contributed by atoms with Crippen molar-refractivity contribution in [2.45, 2.75) is 23.9 Å². The first-order chi connectivity index (χ1) is 12.0. The van der Waals surface area contributed by atoms with Gasteiger partial charge in [0.2, 0.25) is 11.1 Å². The van der Waals surface area contributed by atoms with Crippen LogP contribution in [0.2, 0.25) is 5.02 Å². The molecule has 7 nitrogen and oxygen atoms in total. The number of furan rings is 1. The summed E-state index contributed by atoms with van der Waals surface area (Å²) < 4.78 is 6.55. The molecule has 0 fully saturated rings. The highest BCUT2D eigenvalue weighted by Gasteiger charge is 2.20. The number of thioether (sulfide) groups is 1. The molecule has 0 unspecified atom stereocenters. The fourth-order valence-electron chi connectivity index (χ4n) is 2.10. The van der Waals surface area contributed by atoms with E-state index in [2.05, 4.69) is 15.5 Å². The second-order valence-corrected chi connectivity index (χ2v) is 6.98. The van der Waals surface area contributed by atoms with Crippen LogP contribution in [-0.2, 0) is 11.3 Å². The highest BCUT2D eigenvalue weighted by molar-refractivity contribution is 8.00. The van der Waals surface area contributed by atoms with Crippen molar-refractivity contribution in [3.63, 3.8) is 0 Å². The van der Waals surface area contributed by atoms with E-state index in [9.17, 15) is 4.79 Å².